The van der Waals surface area contributed by atoms with Gasteiger partial charge in [-0.25, -0.2) is 4.98 Å². The van der Waals surface area contributed by atoms with Crippen LogP contribution in [-0.4, -0.2) is 21.7 Å². The van der Waals surface area contributed by atoms with E-state index in [1.54, 1.807) is 24.3 Å². The molecule has 0 aliphatic heterocycles. The minimum atomic E-state index is -0.661. The highest BCUT2D eigenvalue weighted by molar-refractivity contribution is 6.12. The molecule has 1 atom stereocenters. The Kier molecular flexibility index (Phi) is 6.08. The molecule has 0 saturated heterocycles. The van der Waals surface area contributed by atoms with Gasteiger partial charge in [0.05, 0.1) is 22.8 Å². The van der Waals surface area contributed by atoms with Gasteiger partial charge in [0.1, 0.15) is 5.69 Å². The molecule has 1 unspecified atom stereocenters. The van der Waals surface area contributed by atoms with Crippen LogP contribution in [0.25, 0.3) is 22.2 Å². The molecule has 32 heavy (non-hydrogen) atoms. The van der Waals surface area contributed by atoms with Gasteiger partial charge in [-0.3, -0.25) is 4.79 Å². The van der Waals surface area contributed by atoms with Gasteiger partial charge in [-0.1, -0.05) is 84.9 Å². The van der Waals surface area contributed by atoms with E-state index in [0.717, 1.165) is 5.56 Å². The van der Waals surface area contributed by atoms with E-state index in [2.05, 4.69) is 10.3 Å². The second kappa shape index (κ2) is 9.27. The van der Waals surface area contributed by atoms with Crippen molar-refractivity contribution in [2.75, 3.05) is 0 Å². The van der Waals surface area contributed by atoms with Gasteiger partial charge in [-0.05, 0) is 24.6 Å². The summed E-state index contributed by atoms with van der Waals surface area (Å²) in [6.07, 6.45) is 3.41. The Bertz CT molecular complexity index is 1300. The minimum Gasteiger partial charge on any atom is -0.505 e. The van der Waals surface area contributed by atoms with Crippen molar-refractivity contribution in [3.63, 3.8) is 0 Å². The SMILES string of the molecule is C/C=C\C(=N)C(NC(=O)c1c(O)c(-c2ccccc2)nc2ccccc12)c1ccccc1. The number of hydrogen-bond donors (Lipinski definition) is 3. The van der Waals surface area contributed by atoms with Gasteiger partial charge in [0.25, 0.3) is 5.91 Å². The number of carbonyl (C=O) groups is 1. The third kappa shape index (κ3) is 4.14. The molecule has 0 fully saturated rings. The van der Waals surface area contributed by atoms with E-state index in [0.29, 0.717) is 22.2 Å². The molecular formula is C27H23N3O2. The predicted molar refractivity (Wildman–Crippen MR) is 128 cm³/mol. The number of aromatic hydroxyl groups is 1. The quantitative estimate of drug-likeness (QED) is 0.350. The Morgan fingerprint density at radius 1 is 0.969 bits per heavy atom. The van der Waals surface area contributed by atoms with Crippen molar-refractivity contribution in [1.29, 1.82) is 5.41 Å². The van der Waals surface area contributed by atoms with Gasteiger partial charge in [-0.15, -0.1) is 0 Å². The van der Waals surface area contributed by atoms with Crippen molar-refractivity contribution < 1.29 is 9.90 Å². The lowest BCUT2D eigenvalue weighted by atomic mass is 9.99. The first kappa shape index (κ1) is 21.0. The summed E-state index contributed by atoms with van der Waals surface area (Å²) >= 11 is 0. The minimum absolute atomic E-state index is 0.142. The summed E-state index contributed by atoms with van der Waals surface area (Å²) in [4.78, 5) is 18.1. The average molecular weight is 422 g/mol. The van der Waals surface area contributed by atoms with Crippen LogP contribution in [0, 0.1) is 5.41 Å². The van der Waals surface area contributed by atoms with E-state index in [-0.39, 0.29) is 17.0 Å². The second-order valence-electron chi connectivity index (χ2n) is 7.34. The van der Waals surface area contributed by atoms with Crippen molar-refractivity contribution in [3.8, 4) is 17.0 Å². The van der Waals surface area contributed by atoms with Crippen LogP contribution in [0.5, 0.6) is 5.75 Å². The molecule has 0 saturated carbocycles. The lowest BCUT2D eigenvalue weighted by Crippen LogP contribution is -2.33. The number of aromatic nitrogens is 1. The van der Waals surface area contributed by atoms with Crippen molar-refractivity contribution in [3.05, 3.63) is 108 Å². The molecule has 0 bridgehead atoms. The first-order chi connectivity index (χ1) is 15.6. The van der Waals surface area contributed by atoms with Gasteiger partial charge in [0.15, 0.2) is 5.75 Å². The monoisotopic (exact) mass is 421 g/mol. The number of pyridine rings is 1. The van der Waals surface area contributed by atoms with Gasteiger partial charge in [0.2, 0.25) is 0 Å². The van der Waals surface area contributed by atoms with Crippen LogP contribution in [0.3, 0.4) is 0 Å². The highest BCUT2D eigenvalue weighted by Crippen LogP contribution is 2.35. The second-order valence-corrected chi connectivity index (χ2v) is 7.34. The number of rotatable bonds is 6. The van der Waals surface area contributed by atoms with Crippen LogP contribution in [0.1, 0.15) is 28.9 Å². The van der Waals surface area contributed by atoms with Crippen LogP contribution in [0.4, 0.5) is 0 Å². The largest absolute Gasteiger partial charge is 0.505 e. The standard InChI is InChI=1S/C27H23N3O2/c1-2-11-21(28)24(18-12-5-3-6-13-18)30-27(32)23-20-16-9-10-17-22(20)29-25(26(23)31)19-14-7-4-8-15-19/h2-17,24,28,31H,1H3,(H,30,32)/b11-2-,28-21?. The van der Waals surface area contributed by atoms with E-state index in [4.69, 9.17) is 5.41 Å². The van der Waals surface area contributed by atoms with Gasteiger partial charge < -0.3 is 15.8 Å². The Morgan fingerprint density at radius 3 is 2.28 bits per heavy atom. The van der Waals surface area contributed by atoms with Crippen LogP contribution in [-0.2, 0) is 0 Å². The molecule has 0 aliphatic rings. The Hall–Kier alpha value is -4.25. The van der Waals surface area contributed by atoms with Crippen molar-refractivity contribution in [2.24, 2.45) is 0 Å². The van der Waals surface area contributed by atoms with E-state index >= 15 is 0 Å². The third-order valence-corrected chi connectivity index (χ3v) is 5.21. The fraction of sp³-hybridized carbons (Fsp3) is 0.0741. The number of para-hydroxylation sites is 1. The summed E-state index contributed by atoms with van der Waals surface area (Å²) in [6, 6.07) is 25.2. The predicted octanol–water partition coefficient (Wildman–Crippen LogP) is 5.67. The summed E-state index contributed by atoms with van der Waals surface area (Å²) in [5.41, 5.74) is 2.83. The maximum Gasteiger partial charge on any atom is 0.256 e. The maximum absolute atomic E-state index is 13.5. The first-order valence-electron chi connectivity index (χ1n) is 10.3. The summed E-state index contributed by atoms with van der Waals surface area (Å²) in [6.45, 7) is 1.83. The zero-order chi connectivity index (χ0) is 22.5. The van der Waals surface area contributed by atoms with Crippen molar-refractivity contribution in [2.45, 2.75) is 13.0 Å². The molecule has 5 heteroatoms. The lowest BCUT2D eigenvalue weighted by Gasteiger charge is -2.20. The number of nitrogens with one attached hydrogen (secondary N) is 2. The topological polar surface area (TPSA) is 86.1 Å². The number of hydrogen-bond acceptors (Lipinski definition) is 4. The summed E-state index contributed by atoms with van der Waals surface area (Å²) in [5.74, 6) is -0.654. The van der Waals surface area contributed by atoms with Gasteiger partial charge in [-0.2, -0.15) is 0 Å². The molecular weight excluding hydrogens is 398 g/mol. The molecule has 1 amide bonds. The first-order valence-corrected chi connectivity index (χ1v) is 10.3. The molecule has 1 aromatic heterocycles. The Balaban J connectivity index is 1.84. The average Bonchev–Trinajstić information content (AvgIpc) is 2.83. The molecule has 3 aromatic carbocycles. The Morgan fingerprint density at radius 2 is 1.59 bits per heavy atom. The van der Waals surface area contributed by atoms with Crippen molar-refractivity contribution in [1.82, 2.24) is 10.3 Å². The number of allylic oxidation sites excluding steroid dienone is 1. The number of nitrogens with zero attached hydrogens (tertiary/aromatic N) is 1. The number of fused-ring (bicyclic) bond motifs is 1. The van der Waals surface area contributed by atoms with Crippen LogP contribution in [0.15, 0.2) is 97.1 Å². The normalized spacial score (nSPS) is 12.0. The number of carbonyl (C=O) groups excluding carboxylic acids is 1. The van der Waals surface area contributed by atoms with Crippen LogP contribution < -0.4 is 5.32 Å². The lowest BCUT2D eigenvalue weighted by molar-refractivity contribution is 0.0945. The molecule has 5 nitrogen and oxygen atoms in total. The van der Waals surface area contributed by atoms with Gasteiger partial charge >= 0.3 is 0 Å². The van der Waals surface area contributed by atoms with Crippen LogP contribution >= 0.6 is 0 Å². The number of benzene rings is 3. The molecule has 0 aliphatic carbocycles. The molecule has 1 heterocycles. The molecule has 158 valence electrons. The van der Waals surface area contributed by atoms with Crippen molar-refractivity contribution >= 4 is 22.5 Å². The zero-order valence-corrected chi connectivity index (χ0v) is 17.6. The van der Waals surface area contributed by atoms with E-state index in [9.17, 15) is 9.90 Å². The summed E-state index contributed by atoms with van der Waals surface area (Å²) < 4.78 is 0. The van der Waals surface area contributed by atoms with Gasteiger partial charge in [0, 0.05) is 10.9 Å². The highest BCUT2D eigenvalue weighted by Gasteiger charge is 2.25. The Labute approximate surface area is 186 Å². The summed E-state index contributed by atoms with van der Waals surface area (Å²) in [7, 11) is 0. The fourth-order valence-corrected chi connectivity index (χ4v) is 3.69. The van der Waals surface area contributed by atoms with E-state index < -0.39 is 11.9 Å². The maximum atomic E-state index is 13.5. The summed E-state index contributed by atoms with van der Waals surface area (Å²) in [5, 5.41) is 23.1. The molecule has 0 radical (unpaired) electrons. The zero-order valence-electron chi connectivity index (χ0n) is 17.6. The molecule has 4 aromatic rings. The third-order valence-electron chi connectivity index (χ3n) is 5.21. The smallest absolute Gasteiger partial charge is 0.256 e. The molecule has 4 rings (SSSR count). The van der Waals surface area contributed by atoms with E-state index in [1.807, 2.05) is 79.7 Å². The molecule has 0 spiro atoms. The fourth-order valence-electron chi connectivity index (χ4n) is 3.69. The van der Waals surface area contributed by atoms with Crippen LogP contribution in [0.2, 0.25) is 0 Å². The number of amides is 1. The van der Waals surface area contributed by atoms with E-state index in [1.165, 1.54) is 0 Å². The molecule has 3 N–H and O–H groups in total. The highest BCUT2D eigenvalue weighted by atomic mass is 16.3.